The van der Waals surface area contributed by atoms with Gasteiger partial charge >= 0.3 is 5.97 Å². The average molecular weight is 315 g/mol. The number of hydrogen-bond donors (Lipinski definition) is 1. The van der Waals surface area contributed by atoms with Crippen molar-refractivity contribution in [2.24, 2.45) is 0 Å². The molecule has 0 fully saturated rings. The zero-order valence-electron chi connectivity index (χ0n) is 13.8. The van der Waals surface area contributed by atoms with Gasteiger partial charge in [0.1, 0.15) is 0 Å². The highest BCUT2D eigenvalue weighted by Gasteiger charge is 2.09. The van der Waals surface area contributed by atoms with E-state index in [1.165, 1.54) is 18.4 Å². The summed E-state index contributed by atoms with van der Waals surface area (Å²) in [7, 11) is 0. The van der Waals surface area contributed by atoms with Crippen molar-refractivity contribution in [2.75, 3.05) is 13.2 Å². The Morgan fingerprint density at radius 3 is 2.87 bits per heavy atom. The molecular weight excluding hydrogens is 290 g/mol. The number of benzene rings is 1. The van der Waals surface area contributed by atoms with Gasteiger partial charge in [-0.05, 0) is 44.6 Å². The zero-order valence-corrected chi connectivity index (χ0v) is 13.8. The van der Waals surface area contributed by atoms with Gasteiger partial charge in [-0.2, -0.15) is 0 Å². The summed E-state index contributed by atoms with van der Waals surface area (Å²) in [6.07, 6.45) is 8.17. The highest BCUT2D eigenvalue weighted by molar-refractivity contribution is 5.81. The third-order valence-corrected chi connectivity index (χ3v) is 3.95. The lowest BCUT2D eigenvalue weighted by atomic mass is 9.97. The maximum atomic E-state index is 11.7. The lowest BCUT2D eigenvalue weighted by molar-refractivity contribution is -0.147. The van der Waals surface area contributed by atoms with Gasteiger partial charge in [-0.3, -0.25) is 9.59 Å². The van der Waals surface area contributed by atoms with E-state index in [0.717, 1.165) is 30.4 Å². The van der Waals surface area contributed by atoms with Gasteiger partial charge in [0.05, 0.1) is 6.42 Å². The summed E-state index contributed by atoms with van der Waals surface area (Å²) in [6.45, 7) is 2.38. The molecule has 1 aromatic carbocycles. The molecule has 0 unspecified atom stereocenters. The summed E-state index contributed by atoms with van der Waals surface area (Å²) in [5.41, 5.74) is 3.43. The van der Waals surface area contributed by atoms with Crippen LogP contribution >= 0.6 is 0 Å². The predicted molar refractivity (Wildman–Crippen MR) is 90.0 cm³/mol. The Kier molecular flexibility index (Phi) is 6.85. The second-order valence-electron chi connectivity index (χ2n) is 6.03. The SMILES string of the molecule is Cc1cccc(CC(=O)OCC(=O)NCCC2=CCCCC2)c1. The zero-order chi connectivity index (χ0) is 16.5. The van der Waals surface area contributed by atoms with Gasteiger partial charge < -0.3 is 10.1 Å². The van der Waals surface area contributed by atoms with Crippen LogP contribution in [0.4, 0.5) is 0 Å². The van der Waals surface area contributed by atoms with Crippen molar-refractivity contribution in [3.63, 3.8) is 0 Å². The average Bonchev–Trinajstić information content (AvgIpc) is 2.54. The molecule has 23 heavy (non-hydrogen) atoms. The third-order valence-electron chi connectivity index (χ3n) is 3.95. The topological polar surface area (TPSA) is 55.4 Å². The van der Waals surface area contributed by atoms with E-state index in [0.29, 0.717) is 6.54 Å². The molecule has 1 N–H and O–H groups in total. The fourth-order valence-corrected chi connectivity index (χ4v) is 2.73. The number of aryl methyl sites for hydroxylation is 1. The molecule has 0 bridgehead atoms. The van der Waals surface area contributed by atoms with Gasteiger partial charge in [0.15, 0.2) is 6.61 Å². The van der Waals surface area contributed by atoms with E-state index in [4.69, 9.17) is 4.74 Å². The molecule has 4 heteroatoms. The first-order valence-electron chi connectivity index (χ1n) is 8.29. The number of nitrogens with one attached hydrogen (secondary N) is 1. The quantitative estimate of drug-likeness (QED) is 0.621. The van der Waals surface area contributed by atoms with Crippen molar-refractivity contribution in [1.29, 1.82) is 0 Å². The lowest BCUT2D eigenvalue weighted by Crippen LogP contribution is -2.30. The van der Waals surface area contributed by atoms with Crippen molar-refractivity contribution in [1.82, 2.24) is 5.32 Å². The molecule has 0 heterocycles. The summed E-state index contributed by atoms with van der Waals surface area (Å²) < 4.78 is 5.02. The van der Waals surface area contributed by atoms with E-state index < -0.39 is 0 Å². The van der Waals surface area contributed by atoms with Crippen LogP contribution in [-0.4, -0.2) is 25.0 Å². The number of esters is 1. The standard InChI is InChI=1S/C19H25NO3/c1-15-6-5-9-17(12-15)13-19(22)23-14-18(21)20-11-10-16-7-3-2-4-8-16/h5-7,9,12H,2-4,8,10-11,13-14H2,1H3,(H,20,21). The van der Waals surface area contributed by atoms with Crippen LogP contribution in [0.1, 0.15) is 43.2 Å². The Balaban J connectivity index is 1.61. The van der Waals surface area contributed by atoms with Crippen LogP contribution in [0.5, 0.6) is 0 Å². The van der Waals surface area contributed by atoms with Crippen LogP contribution in [0.3, 0.4) is 0 Å². The predicted octanol–water partition coefficient (Wildman–Crippen LogP) is 3.09. The van der Waals surface area contributed by atoms with Crippen LogP contribution in [-0.2, 0) is 20.7 Å². The molecule has 1 aromatic rings. The molecule has 0 atom stereocenters. The Morgan fingerprint density at radius 1 is 1.26 bits per heavy atom. The minimum Gasteiger partial charge on any atom is -0.455 e. The van der Waals surface area contributed by atoms with E-state index in [1.54, 1.807) is 0 Å². The van der Waals surface area contributed by atoms with Crippen LogP contribution in [0, 0.1) is 6.92 Å². The summed E-state index contributed by atoms with van der Waals surface area (Å²) in [5.74, 6) is -0.611. The maximum absolute atomic E-state index is 11.7. The monoisotopic (exact) mass is 315 g/mol. The number of rotatable bonds is 7. The minimum absolute atomic E-state index is 0.196. The van der Waals surface area contributed by atoms with Crippen molar-refractivity contribution in [2.45, 2.75) is 45.4 Å². The van der Waals surface area contributed by atoms with Gasteiger partial charge in [0.2, 0.25) is 0 Å². The Bertz CT molecular complexity index is 578. The highest BCUT2D eigenvalue weighted by Crippen LogP contribution is 2.19. The molecule has 0 spiro atoms. The molecule has 124 valence electrons. The van der Waals surface area contributed by atoms with E-state index in [1.807, 2.05) is 31.2 Å². The molecule has 4 nitrogen and oxygen atoms in total. The molecule has 0 aromatic heterocycles. The molecule has 2 rings (SSSR count). The van der Waals surface area contributed by atoms with Crippen molar-refractivity contribution < 1.29 is 14.3 Å². The first-order valence-corrected chi connectivity index (χ1v) is 8.29. The fourth-order valence-electron chi connectivity index (χ4n) is 2.73. The van der Waals surface area contributed by atoms with Crippen LogP contribution < -0.4 is 5.32 Å². The smallest absolute Gasteiger partial charge is 0.310 e. The van der Waals surface area contributed by atoms with Crippen LogP contribution in [0.25, 0.3) is 0 Å². The second kappa shape index (κ2) is 9.13. The van der Waals surface area contributed by atoms with E-state index in [9.17, 15) is 9.59 Å². The summed E-state index contributed by atoms with van der Waals surface area (Å²) in [4.78, 5) is 23.4. The summed E-state index contributed by atoms with van der Waals surface area (Å²) in [5, 5.41) is 2.80. The number of carbonyl (C=O) groups is 2. The van der Waals surface area contributed by atoms with E-state index in [-0.39, 0.29) is 24.9 Å². The minimum atomic E-state index is -0.374. The number of amides is 1. The Morgan fingerprint density at radius 2 is 2.13 bits per heavy atom. The molecule has 1 amide bonds. The molecule has 0 saturated carbocycles. The number of carbonyl (C=O) groups excluding carboxylic acids is 2. The van der Waals surface area contributed by atoms with Gasteiger partial charge in [-0.25, -0.2) is 0 Å². The number of allylic oxidation sites excluding steroid dienone is 1. The molecule has 0 radical (unpaired) electrons. The van der Waals surface area contributed by atoms with Crippen molar-refractivity contribution in [3.05, 3.63) is 47.0 Å². The maximum Gasteiger partial charge on any atom is 0.310 e. The molecule has 0 saturated heterocycles. The van der Waals surface area contributed by atoms with Gasteiger partial charge in [0.25, 0.3) is 5.91 Å². The summed E-state index contributed by atoms with van der Waals surface area (Å²) >= 11 is 0. The van der Waals surface area contributed by atoms with Gasteiger partial charge in [-0.1, -0.05) is 41.5 Å². The Labute approximate surface area is 137 Å². The first-order chi connectivity index (χ1) is 11.1. The van der Waals surface area contributed by atoms with E-state index >= 15 is 0 Å². The third kappa shape index (κ3) is 6.68. The fraction of sp³-hybridized carbons (Fsp3) is 0.474. The number of hydrogen-bond acceptors (Lipinski definition) is 3. The van der Waals surface area contributed by atoms with Gasteiger partial charge in [0, 0.05) is 6.54 Å². The van der Waals surface area contributed by atoms with Crippen molar-refractivity contribution >= 4 is 11.9 Å². The second-order valence-corrected chi connectivity index (χ2v) is 6.03. The summed E-state index contributed by atoms with van der Waals surface area (Å²) in [6, 6.07) is 7.71. The molecular formula is C19H25NO3. The molecule has 1 aliphatic carbocycles. The molecule has 1 aliphatic rings. The van der Waals surface area contributed by atoms with Gasteiger partial charge in [-0.15, -0.1) is 0 Å². The molecule has 0 aliphatic heterocycles. The van der Waals surface area contributed by atoms with E-state index in [2.05, 4.69) is 11.4 Å². The van der Waals surface area contributed by atoms with Crippen LogP contribution in [0.15, 0.2) is 35.9 Å². The Hall–Kier alpha value is -2.10. The van der Waals surface area contributed by atoms with Crippen LogP contribution in [0.2, 0.25) is 0 Å². The van der Waals surface area contributed by atoms with Crippen molar-refractivity contribution in [3.8, 4) is 0 Å². The number of ether oxygens (including phenoxy) is 1. The first kappa shape index (κ1) is 17.3. The lowest BCUT2D eigenvalue weighted by Gasteiger charge is -2.13. The highest BCUT2D eigenvalue weighted by atomic mass is 16.5. The largest absolute Gasteiger partial charge is 0.455 e. The normalized spacial score (nSPS) is 14.0.